The van der Waals surface area contributed by atoms with Crippen molar-refractivity contribution in [2.75, 3.05) is 0 Å². The van der Waals surface area contributed by atoms with Crippen LogP contribution in [0.3, 0.4) is 0 Å². The third-order valence-corrected chi connectivity index (χ3v) is 0.773. The Balaban J connectivity index is 3.54. The summed E-state index contributed by atoms with van der Waals surface area (Å²) in [5.41, 5.74) is 3.11. The average Bonchev–Trinajstić information content (AvgIpc) is 1.59. The zero-order valence-electron chi connectivity index (χ0n) is 7.60. The summed E-state index contributed by atoms with van der Waals surface area (Å²) in [4.78, 5) is 0. The fraction of sp³-hybridized carbons (Fsp3) is 0.875. The van der Waals surface area contributed by atoms with Crippen molar-refractivity contribution in [2.45, 2.75) is 40.2 Å². The molecule has 2 nitrogen and oxygen atoms in total. The Morgan fingerprint density at radius 3 is 2.10 bits per heavy atom. The molecule has 0 unspecified atom stereocenters. The molecule has 0 spiro atoms. The zero-order valence-corrected chi connectivity index (χ0v) is 7.60. The molecule has 0 atom stereocenters. The molecule has 0 saturated carbocycles. The summed E-state index contributed by atoms with van der Waals surface area (Å²) in [6, 6.07) is 0. The van der Waals surface area contributed by atoms with E-state index in [-0.39, 0.29) is 5.54 Å². The SMILES string of the molecule is CC(C)C=NNC(C)(C)C. The minimum Gasteiger partial charge on any atom is -0.305 e. The van der Waals surface area contributed by atoms with Crippen LogP contribution in [0.5, 0.6) is 0 Å². The predicted octanol–water partition coefficient (Wildman–Crippen LogP) is 2.02. The molecule has 0 amide bonds. The Kier molecular flexibility index (Phi) is 3.40. The molecule has 0 bridgehead atoms. The smallest absolute Gasteiger partial charge is 0.0464 e. The average molecular weight is 142 g/mol. The number of rotatable bonds is 2. The van der Waals surface area contributed by atoms with Crippen molar-refractivity contribution in [1.82, 2.24) is 5.43 Å². The molecule has 1 N–H and O–H groups in total. The van der Waals surface area contributed by atoms with Crippen LogP contribution < -0.4 is 5.43 Å². The van der Waals surface area contributed by atoms with Crippen LogP contribution in [0.15, 0.2) is 5.10 Å². The molecule has 0 aromatic carbocycles. The van der Waals surface area contributed by atoms with Gasteiger partial charge in [-0.25, -0.2) is 0 Å². The fourth-order valence-electron chi connectivity index (χ4n) is 0.380. The Labute approximate surface area is 63.7 Å². The summed E-state index contributed by atoms with van der Waals surface area (Å²) >= 11 is 0. The van der Waals surface area contributed by atoms with E-state index < -0.39 is 0 Å². The maximum atomic E-state index is 4.07. The minimum absolute atomic E-state index is 0.0887. The van der Waals surface area contributed by atoms with Gasteiger partial charge in [-0.2, -0.15) is 5.10 Å². The van der Waals surface area contributed by atoms with Gasteiger partial charge in [0.25, 0.3) is 0 Å². The second-order valence-electron chi connectivity index (χ2n) is 3.88. The van der Waals surface area contributed by atoms with E-state index in [9.17, 15) is 0 Å². The largest absolute Gasteiger partial charge is 0.305 e. The lowest BCUT2D eigenvalue weighted by atomic mass is 10.1. The molecule has 0 aliphatic carbocycles. The Morgan fingerprint density at radius 2 is 1.80 bits per heavy atom. The molecule has 0 rings (SSSR count). The van der Waals surface area contributed by atoms with E-state index in [1.165, 1.54) is 0 Å². The first-order valence-electron chi connectivity index (χ1n) is 3.72. The molecule has 0 aromatic heterocycles. The third-order valence-electron chi connectivity index (χ3n) is 0.773. The van der Waals surface area contributed by atoms with Crippen LogP contribution in [-0.4, -0.2) is 11.8 Å². The number of hydrogen-bond donors (Lipinski definition) is 1. The summed E-state index contributed by atoms with van der Waals surface area (Å²) in [5.74, 6) is 0.523. The van der Waals surface area contributed by atoms with E-state index in [4.69, 9.17) is 0 Å². The summed E-state index contributed by atoms with van der Waals surface area (Å²) in [7, 11) is 0. The van der Waals surface area contributed by atoms with Crippen LogP contribution in [0, 0.1) is 5.92 Å². The highest BCUT2D eigenvalue weighted by atomic mass is 15.3. The molecular weight excluding hydrogens is 124 g/mol. The molecule has 60 valence electrons. The molecule has 0 aliphatic heterocycles. The van der Waals surface area contributed by atoms with Gasteiger partial charge >= 0.3 is 0 Å². The highest BCUT2D eigenvalue weighted by Crippen LogP contribution is 1.97. The molecule has 0 fully saturated rings. The van der Waals surface area contributed by atoms with Crippen molar-refractivity contribution in [3.63, 3.8) is 0 Å². The number of nitrogens with one attached hydrogen (secondary N) is 1. The van der Waals surface area contributed by atoms with Gasteiger partial charge in [0, 0.05) is 11.8 Å². The Hall–Kier alpha value is -0.530. The van der Waals surface area contributed by atoms with Gasteiger partial charge in [-0.1, -0.05) is 13.8 Å². The van der Waals surface area contributed by atoms with Gasteiger partial charge in [0.15, 0.2) is 0 Å². The summed E-state index contributed by atoms with van der Waals surface area (Å²) in [6.07, 6.45) is 1.91. The van der Waals surface area contributed by atoms with Crippen molar-refractivity contribution in [3.8, 4) is 0 Å². The summed E-state index contributed by atoms with van der Waals surface area (Å²) < 4.78 is 0. The zero-order chi connectivity index (χ0) is 8.20. The molecule has 0 heterocycles. The Morgan fingerprint density at radius 1 is 1.30 bits per heavy atom. The van der Waals surface area contributed by atoms with Gasteiger partial charge in [-0.3, -0.25) is 0 Å². The topological polar surface area (TPSA) is 24.4 Å². The maximum Gasteiger partial charge on any atom is 0.0464 e. The quantitative estimate of drug-likeness (QED) is 0.463. The third kappa shape index (κ3) is 7.47. The second-order valence-corrected chi connectivity index (χ2v) is 3.88. The molecular formula is C8H18N2. The number of nitrogens with zero attached hydrogens (tertiary/aromatic N) is 1. The van der Waals surface area contributed by atoms with Gasteiger partial charge in [-0.05, 0) is 26.7 Å². The van der Waals surface area contributed by atoms with Gasteiger partial charge < -0.3 is 5.43 Å². The molecule has 10 heavy (non-hydrogen) atoms. The molecule has 0 radical (unpaired) electrons. The first kappa shape index (κ1) is 9.47. The van der Waals surface area contributed by atoms with Gasteiger partial charge in [0.1, 0.15) is 0 Å². The maximum absolute atomic E-state index is 4.07. The van der Waals surface area contributed by atoms with E-state index in [1.807, 2.05) is 6.21 Å². The molecule has 2 heteroatoms. The lowest BCUT2D eigenvalue weighted by Crippen LogP contribution is -2.31. The van der Waals surface area contributed by atoms with E-state index >= 15 is 0 Å². The van der Waals surface area contributed by atoms with E-state index in [1.54, 1.807) is 0 Å². The lowest BCUT2D eigenvalue weighted by molar-refractivity contribution is 0.441. The summed E-state index contributed by atoms with van der Waals surface area (Å²) in [6.45, 7) is 10.5. The normalized spacial score (nSPS) is 13.0. The first-order chi connectivity index (χ1) is 4.42. The monoisotopic (exact) mass is 142 g/mol. The van der Waals surface area contributed by atoms with E-state index in [0.29, 0.717) is 5.92 Å². The highest BCUT2D eigenvalue weighted by molar-refractivity contribution is 5.59. The number of hydrogen-bond acceptors (Lipinski definition) is 2. The first-order valence-corrected chi connectivity index (χ1v) is 3.72. The van der Waals surface area contributed by atoms with Crippen molar-refractivity contribution in [1.29, 1.82) is 0 Å². The van der Waals surface area contributed by atoms with Gasteiger partial charge in [0.2, 0.25) is 0 Å². The fourth-order valence-corrected chi connectivity index (χ4v) is 0.380. The number of hydrazone groups is 1. The second kappa shape index (κ2) is 3.59. The standard InChI is InChI=1S/C8H18N2/c1-7(2)6-9-10-8(3,4)5/h6-7,10H,1-5H3. The van der Waals surface area contributed by atoms with Crippen LogP contribution in [0.1, 0.15) is 34.6 Å². The van der Waals surface area contributed by atoms with Crippen LogP contribution >= 0.6 is 0 Å². The van der Waals surface area contributed by atoms with E-state index in [0.717, 1.165) is 0 Å². The van der Waals surface area contributed by atoms with Crippen LogP contribution in [0.4, 0.5) is 0 Å². The predicted molar refractivity (Wildman–Crippen MR) is 46.2 cm³/mol. The van der Waals surface area contributed by atoms with Crippen molar-refractivity contribution in [3.05, 3.63) is 0 Å². The van der Waals surface area contributed by atoms with Gasteiger partial charge in [0.05, 0.1) is 0 Å². The molecule has 0 aromatic rings. The van der Waals surface area contributed by atoms with Crippen LogP contribution in [0.25, 0.3) is 0 Å². The summed E-state index contributed by atoms with van der Waals surface area (Å²) in [5, 5.41) is 4.07. The van der Waals surface area contributed by atoms with Crippen molar-refractivity contribution < 1.29 is 0 Å². The minimum atomic E-state index is 0.0887. The van der Waals surface area contributed by atoms with Crippen LogP contribution in [-0.2, 0) is 0 Å². The molecule has 0 saturated heterocycles. The lowest BCUT2D eigenvalue weighted by Gasteiger charge is -2.17. The Bertz CT molecular complexity index is 109. The van der Waals surface area contributed by atoms with Crippen LogP contribution in [0.2, 0.25) is 0 Å². The van der Waals surface area contributed by atoms with E-state index in [2.05, 4.69) is 45.1 Å². The van der Waals surface area contributed by atoms with Crippen molar-refractivity contribution >= 4 is 6.21 Å². The highest BCUT2D eigenvalue weighted by Gasteiger charge is 2.05. The van der Waals surface area contributed by atoms with Crippen molar-refractivity contribution in [2.24, 2.45) is 11.0 Å². The van der Waals surface area contributed by atoms with Gasteiger partial charge in [-0.15, -0.1) is 0 Å². The molecule has 0 aliphatic rings.